The number of ether oxygens (including phenoxy) is 2. The van der Waals surface area contributed by atoms with Crippen molar-refractivity contribution in [3.05, 3.63) is 47.8 Å². The van der Waals surface area contributed by atoms with E-state index in [-0.39, 0.29) is 34.9 Å². The number of carbonyl (C=O) groups excluding carboxylic acids is 2. The van der Waals surface area contributed by atoms with Crippen molar-refractivity contribution < 1.29 is 19.1 Å². The number of hydrogen-bond acceptors (Lipinski definition) is 5. The molecule has 0 spiro atoms. The highest BCUT2D eigenvalue weighted by atomic mass is 16.6. The van der Waals surface area contributed by atoms with E-state index in [1.165, 1.54) is 10.7 Å². The summed E-state index contributed by atoms with van der Waals surface area (Å²) in [4.78, 5) is 24.4. The summed E-state index contributed by atoms with van der Waals surface area (Å²) in [5, 5.41) is 4.26. The molecule has 2 aromatic rings. The lowest BCUT2D eigenvalue weighted by Gasteiger charge is -2.52. The van der Waals surface area contributed by atoms with Crippen molar-refractivity contribution >= 4 is 11.9 Å². The van der Waals surface area contributed by atoms with E-state index < -0.39 is 11.9 Å². The Morgan fingerprint density at radius 1 is 1.31 bits per heavy atom. The van der Waals surface area contributed by atoms with Gasteiger partial charge in [0.1, 0.15) is 11.8 Å². The van der Waals surface area contributed by atoms with Crippen LogP contribution in [0.15, 0.2) is 36.4 Å². The zero-order chi connectivity index (χ0) is 18.5. The minimum atomic E-state index is -0.659. The van der Waals surface area contributed by atoms with E-state index in [1.807, 2.05) is 32.0 Å². The van der Waals surface area contributed by atoms with E-state index >= 15 is 0 Å². The molecule has 1 aliphatic heterocycles. The molecule has 1 aliphatic carbocycles. The molecule has 136 valence electrons. The van der Waals surface area contributed by atoms with Gasteiger partial charge in [-0.2, -0.15) is 5.10 Å². The van der Waals surface area contributed by atoms with E-state index in [0.29, 0.717) is 12.3 Å². The lowest BCUT2D eigenvalue weighted by molar-refractivity contribution is -0.183. The number of benzene rings is 1. The van der Waals surface area contributed by atoms with Crippen LogP contribution in [0.4, 0.5) is 0 Å². The summed E-state index contributed by atoms with van der Waals surface area (Å²) < 4.78 is 12.8. The highest BCUT2D eigenvalue weighted by Gasteiger charge is 2.61. The number of nitrogens with zero attached hydrogens (tertiary/aromatic N) is 2. The first-order valence-electron chi connectivity index (χ1n) is 8.67. The highest BCUT2D eigenvalue weighted by Crippen LogP contribution is 2.53. The molecule has 2 heterocycles. The second-order valence-electron chi connectivity index (χ2n) is 7.42. The van der Waals surface area contributed by atoms with E-state index in [0.717, 1.165) is 6.42 Å². The Hall–Kier alpha value is -2.67. The van der Waals surface area contributed by atoms with Crippen LogP contribution in [-0.2, 0) is 9.47 Å². The van der Waals surface area contributed by atoms with Gasteiger partial charge in [0.05, 0.1) is 11.8 Å². The zero-order valence-electron chi connectivity index (χ0n) is 14.7. The topological polar surface area (TPSA) is 96.4 Å². The maximum atomic E-state index is 12.7. The van der Waals surface area contributed by atoms with E-state index in [9.17, 15) is 9.59 Å². The van der Waals surface area contributed by atoms with Crippen molar-refractivity contribution in [3.63, 3.8) is 0 Å². The van der Waals surface area contributed by atoms with Crippen LogP contribution in [0.1, 0.15) is 41.2 Å². The molecule has 0 bridgehead atoms. The summed E-state index contributed by atoms with van der Waals surface area (Å²) >= 11 is 0. The summed E-state index contributed by atoms with van der Waals surface area (Å²) in [6.45, 7) is 4.77. The third-order valence-electron chi connectivity index (χ3n) is 5.40. The number of nitrogens with two attached hydrogens (primary N) is 1. The molecule has 2 fully saturated rings. The molecular formula is C19H21N3O4. The van der Waals surface area contributed by atoms with Gasteiger partial charge in [-0.05, 0) is 18.6 Å². The summed E-state index contributed by atoms with van der Waals surface area (Å²) in [6, 6.07) is 10.4. The van der Waals surface area contributed by atoms with Crippen LogP contribution in [0.5, 0.6) is 0 Å². The van der Waals surface area contributed by atoms with Gasteiger partial charge < -0.3 is 15.2 Å². The Morgan fingerprint density at radius 3 is 2.73 bits per heavy atom. The zero-order valence-corrected chi connectivity index (χ0v) is 14.7. The number of hydrogen-bond donors (Lipinski definition) is 1. The minimum Gasteiger partial charge on any atom is -0.457 e. The first-order chi connectivity index (χ1) is 12.4. The van der Waals surface area contributed by atoms with Crippen LogP contribution < -0.4 is 5.73 Å². The molecule has 2 aliphatic rings. The van der Waals surface area contributed by atoms with Gasteiger partial charge in [-0.25, -0.2) is 9.48 Å². The lowest BCUT2D eigenvalue weighted by Crippen LogP contribution is -2.61. The fourth-order valence-corrected chi connectivity index (χ4v) is 4.12. The van der Waals surface area contributed by atoms with Gasteiger partial charge in [0.2, 0.25) is 0 Å². The first kappa shape index (κ1) is 16.8. The molecule has 4 rings (SSSR count). The van der Waals surface area contributed by atoms with Crippen LogP contribution >= 0.6 is 0 Å². The van der Waals surface area contributed by atoms with E-state index in [4.69, 9.17) is 15.2 Å². The fourth-order valence-electron chi connectivity index (χ4n) is 4.12. The molecule has 3 unspecified atom stereocenters. The van der Waals surface area contributed by atoms with Gasteiger partial charge >= 0.3 is 5.97 Å². The van der Waals surface area contributed by atoms with Crippen molar-refractivity contribution in [3.8, 4) is 5.69 Å². The average molecular weight is 355 g/mol. The molecule has 7 nitrogen and oxygen atoms in total. The molecule has 1 amide bonds. The van der Waals surface area contributed by atoms with Gasteiger partial charge in [0.15, 0.2) is 5.69 Å². The molecule has 3 atom stereocenters. The summed E-state index contributed by atoms with van der Waals surface area (Å²) in [5.74, 6) is -0.986. The third kappa shape index (κ3) is 2.50. The van der Waals surface area contributed by atoms with E-state index in [2.05, 4.69) is 5.10 Å². The first-order valence-corrected chi connectivity index (χ1v) is 8.67. The Labute approximate surface area is 151 Å². The van der Waals surface area contributed by atoms with Gasteiger partial charge in [-0.1, -0.05) is 32.0 Å². The predicted molar refractivity (Wildman–Crippen MR) is 92.9 cm³/mol. The van der Waals surface area contributed by atoms with Gasteiger partial charge in [0, 0.05) is 24.0 Å². The van der Waals surface area contributed by atoms with Crippen molar-refractivity contribution in [1.82, 2.24) is 9.78 Å². The summed E-state index contributed by atoms with van der Waals surface area (Å²) in [6.07, 6.45) is 0.793. The molecule has 0 radical (unpaired) electrons. The molecule has 1 aromatic heterocycles. The Morgan fingerprint density at radius 2 is 2.04 bits per heavy atom. The largest absolute Gasteiger partial charge is 0.457 e. The Balaban J connectivity index is 1.60. The number of para-hydroxylation sites is 1. The Bertz CT molecular complexity index is 859. The minimum absolute atomic E-state index is 0.0702. The van der Waals surface area contributed by atoms with Gasteiger partial charge in [-0.3, -0.25) is 4.79 Å². The van der Waals surface area contributed by atoms with Crippen LogP contribution in [0.25, 0.3) is 5.69 Å². The summed E-state index contributed by atoms with van der Waals surface area (Å²) in [7, 11) is 0. The molecule has 1 aromatic carbocycles. The van der Waals surface area contributed by atoms with Crippen molar-refractivity contribution in [1.29, 1.82) is 0 Å². The molecule has 26 heavy (non-hydrogen) atoms. The molecule has 1 saturated heterocycles. The monoisotopic (exact) mass is 355 g/mol. The normalized spacial score (nSPS) is 26.0. The van der Waals surface area contributed by atoms with Crippen LogP contribution in [0.3, 0.4) is 0 Å². The van der Waals surface area contributed by atoms with Crippen molar-refractivity contribution in [2.24, 2.45) is 17.1 Å². The standard InChI is InChI=1S/C19H21N3O4/c1-19(2)15-12(8-9-25-15)16(19)26-18(24)13-10-14(17(20)23)22(21-13)11-6-4-3-5-7-11/h3-7,10,12,15-16H,8-9H2,1-2H3,(H2,20,23). The second kappa shape index (κ2) is 5.95. The summed E-state index contributed by atoms with van der Waals surface area (Å²) in [5.41, 5.74) is 6.07. The second-order valence-corrected chi connectivity index (χ2v) is 7.42. The smallest absolute Gasteiger partial charge is 0.359 e. The average Bonchev–Trinajstić information content (AvgIpc) is 3.26. The molecule has 2 N–H and O–H groups in total. The number of fused-ring (bicyclic) bond motifs is 1. The van der Waals surface area contributed by atoms with Crippen LogP contribution in [0, 0.1) is 11.3 Å². The number of esters is 1. The Kier molecular flexibility index (Phi) is 3.84. The number of amides is 1. The molecule has 1 saturated carbocycles. The number of carbonyl (C=O) groups is 2. The lowest BCUT2D eigenvalue weighted by atomic mass is 9.59. The van der Waals surface area contributed by atoms with Gasteiger partial charge in [0.25, 0.3) is 5.91 Å². The highest BCUT2D eigenvalue weighted by molar-refractivity contribution is 5.95. The SMILES string of the molecule is CC1(C)C2OCCC2C1OC(=O)c1cc(C(N)=O)n(-c2ccccc2)n1. The van der Waals surface area contributed by atoms with Gasteiger partial charge in [-0.15, -0.1) is 0 Å². The van der Waals surface area contributed by atoms with Crippen LogP contribution in [0.2, 0.25) is 0 Å². The molecular weight excluding hydrogens is 334 g/mol. The number of rotatable bonds is 4. The predicted octanol–water partition coefficient (Wildman–Crippen LogP) is 1.94. The number of primary amides is 1. The van der Waals surface area contributed by atoms with Crippen molar-refractivity contribution in [2.45, 2.75) is 32.5 Å². The maximum absolute atomic E-state index is 12.7. The third-order valence-corrected chi connectivity index (χ3v) is 5.40. The van der Waals surface area contributed by atoms with Crippen molar-refractivity contribution in [2.75, 3.05) is 6.61 Å². The quantitative estimate of drug-likeness (QED) is 0.846. The van der Waals surface area contributed by atoms with E-state index in [1.54, 1.807) is 12.1 Å². The molecule has 7 heteroatoms. The van der Waals surface area contributed by atoms with Crippen LogP contribution in [-0.4, -0.2) is 40.5 Å². The maximum Gasteiger partial charge on any atom is 0.359 e. The fraction of sp³-hybridized carbons (Fsp3) is 0.421. The number of aromatic nitrogens is 2.